The number of carbonyl (C=O) groups is 1. The van der Waals surface area contributed by atoms with Gasteiger partial charge in [0.2, 0.25) is 0 Å². The van der Waals surface area contributed by atoms with Gasteiger partial charge in [-0.3, -0.25) is 9.36 Å². The molecule has 0 fully saturated rings. The maximum atomic E-state index is 11.9. The van der Waals surface area contributed by atoms with Crippen molar-refractivity contribution in [1.29, 1.82) is 0 Å². The van der Waals surface area contributed by atoms with E-state index in [9.17, 15) is 9.59 Å². The molecule has 106 valence electrons. The molecular weight excluding hydrogens is 264 g/mol. The Bertz CT molecular complexity index is 525. The summed E-state index contributed by atoms with van der Waals surface area (Å²) in [5.74, 6) is 0.387. The lowest BCUT2D eigenvalue weighted by Crippen LogP contribution is -2.30. The first-order valence-electron chi connectivity index (χ1n) is 6.14. The number of thioether (sulfide) groups is 1. The molecule has 1 heterocycles. The van der Waals surface area contributed by atoms with E-state index in [0.717, 1.165) is 5.75 Å². The van der Waals surface area contributed by atoms with E-state index in [1.807, 2.05) is 6.26 Å². The van der Waals surface area contributed by atoms with Crippen LogP contribution >= 0.6 is 11.8 Å². The monoisotopic (exact) mass is 284 g/mol. The molecule has 1 rings (SSSR count). The van der Waals surface area contributed by atoms with Gasteiger partial charge in [0, 0.05) is 23.5 Å². The lowest BCUT2D eigenvalue weighted by molar-refractivity contribution is -0.136. The van der Waals surface area contributed by atoms with Crippen LogP contribution in [0.1, 0.15) is 23.9 Å². The van der Waals surface area contributed by atoms with Gasteiger partial charge in [0.1, 0.15) is 0 Å². The molecule has 0 aliphatic heterocycles. The molecule has 0 amide bonds. The largest absolute Gasteiger partial charge is 0.481 e. The predicted molar refractivity (Wildman–Crippen MR) is 76.9 cm³/mol. The SMILES string of the molecule is CSCC(C)Cn1c(C)c(CC(=O)O)c(C)nc1=O. The number of aliphatic carboxylic acids is 1. The van der Waals surface area contributed by atoms with E-state index < -0.39 is 5.97 Å². The van der Waals surface area contributed by atoms with Crippen molar-refractivity contribution in [3.8, 4) is 0 Å². The summed E-state index contributed by atoms with van der Waals surface area (Å²) in [4.78, 5) is 26.7. The third-order valence-electron chi connectivity index (χ3n) is 3.05. The minimum absolute atomic E-state index is 0.0954. The number of aryl methyl sites for hydroxylation is 1. The molecule has 6 heteroatoms. The molecule has 0 aromatic carbocycles. The normalized spacial score (nSPS) is 12.4. The van der Waals surface area contributed by atoms with Crippen LogP contribution in [0, 0.1) is 19.8 Å². The van der Waals surface area contributed by atoms with Crippen LogP contribution in [-0.4, -0.2) is 32.6 Å². The van der Waals surface area contributed by atoms with Crippen LogP contribution in [0.5, 0.6) is 0 Å². The summed E-state index contributed by atoms with van der Waals surface area (Å²) in [5.41, 5.74) is 1.58. The van der Waals surface area contributed by atoms with Crippen LogP contribution < -0.4 is 5.69 Å². The smallest absolute Gasteiger partial charge is 0.347 e. The van der Waals surface area contributed by atoms with Crippen molar-refractivity contribution < 1.29 is 9.90 Å². The highest BCUT2D eigenvalue weighted by atomic mass is 32.2. The summed E-state index contributed by atoms with van der Waals surface area (Å²) in [6.45, 7) is 6.12. The summed E-state index contributed by atoms with van der Waals surface area (Å²) in [7, 11) is 0. The molecule has 1 N–H and O–H groups in total. The van der Waals surface area contributed by atoms with Crippen LogP contribution in [0.2, 0.25) is 0 Å². The van der Waals surface area contributed by atoms with Crippen molar-refractivity contribution in [3.63, 3.8) is 0 Å². The molecule has 0 aliphatic rings. The Morgan fingerprint density at radius 2 is 2.11 bits per heavy atom. The van der Waals surface area contributed by atoms with Gasteiger partial charge in [-0.15, -0.1) is 0 Å². The van der Waals surface area contributed by atoms with Crippen LogP contribution in [-0.2, 0) is 17.8 Å². The third-order valence-corrected chi connectivity index (χ3v) is 3.95. The quantitative estimate of drug-likeness (QED) is 0.856. The first kappa shape index (κ1) is 15.8. The lowest BCUT2D eigenvalue weighted by atomic mass is 10.1. The van der Waals surface area contributed by atoms with Crippen LogP contribution in [0.25, 0.3) is 0 Å². The zero-order chi connectivity index (χ0) is 14.6. The van der Waals surface area contributed by atoms with E-state index >= 15 is 0 Å². The van der Waals surface area contributed by atoms with Crippen molar-refractivity contribution in [1.82, 2.24) is 9.55 Å². The second-order valence-electron chi connectivity index (χ2n) is 4.79. The fourth-order valence-electron chi connectivity index (χ4n) is 2.11. The number of nitrogens with zero attached hydrogens (tertiary/aromatic N) is 2. The zero-order valence-electron chi connectivity index (χ0n) is 11.8. The summed E-state index contributed by atoms with van der Waals surface area (Å²) < 4.78 is 1.59. The summed E-state index contributed by atoms with van der Waals surface area (Å²) in [6.07, 6.45) is 1.93. The molecule has 1 aromatic heterocycles. The fraction of sp³-hybridized carbons (Fsp3) is 0.615. The second kappa shape index (κ2) is 6.75. The highest BCUT2D eigenvalue weighted by Gasteiger charge is 2.15. The third kappa shape index (κ3) is 4.09. The summed E-state index contributed by atoms with van der Waals surface area (Å²) >= 11 is 1.73. The van der Waals surface area contributed by atoms with Crippen molar-refractivity contribution in [3.05, 3.63) is 27.4 Å². The second-order valence-corrected chi connectivity index (χ2v) is 5.70. The molecule has 0 spiro atoms. The van der Waals surface area contributed by atoms with E-state index in [4.69, 9.17) is 5.11 Å². The molecule has 0 bridgehead atoms. The first-order chi connectivity index (χ1) is 8.86. The summed E-state index contributed by atoms with van der Waals surface area (Å²) in [6, 6.07) is 0. The predicted octanol–water partition coefficient (Wildman–Crippen LogP) is 1.49. The molecule has 1 atom stereocenters. The molecular formula is C13H20N2O3S. The molecule has 19 heavy (non-hydrogen) atoms. The fourth-order valence-corrected chi connectivity index (χ4v) is 2.78. The average Bonchev–Trinajstić information content (AvgIpc) is 2.30. The minimum atomic E-state index is -0.907. The maximum Gasteiger partial charge on any atom is 0.347 e. The first-order valence-corrected chi connectivity index (χ1v) is 7.53. The van der Waals surface area contributed by atoms with Crippen molar-refractivity contribution in [2.45, 2.75) is 33.7 Å². The zero-order valence-corrected chi connectivity index (χ0v) is 12.6. The molecule has 5 nitrogen and oxygen atoms in total. The van der Waals surface area contributed by atoms with Gasteiger partial charge in [0.15, 0.2) is 0 Å². The van der Waals surface area contributed by atoms with E-state index in [1.54, 1.807) is 30.2 Å². The highest BCUT2D eigenvalue weighted by molar-refractivity contribution is 7.98. The van der Waals surface area contributed by atoms with Crippen molar-refractivity contribution >= 4 is 17.7 Å². The average molecular weight is 284 g/mol. The number of hydrogen-bond donors (Lipinski definition) is 1. The van der Waals surface area contributed by atoms with Crippen molar-refractivity contribution in [2.75, 3.05) is 12.0 Å². The molecule has 1 aromatic rings. The van der Waals surface area contributed by atoms with E-state index in [2.05, 4.69) is 11.9 Å². The number of carboxylic acids is 1. The van der Waals surface area contributed by atoms with Crippen LogP contribution in [0.15, 0.2) is 4.79 Å². The van der Waals surface area contributed by atoms with E-state index in [1.165, 1.54) is 0 Å². The Balaban J connectivity index is 3.17. The van der Waals surface area contributed by atoms with Gasteiger partial charge in [0.05, 0.1) is 6.42 Å². The lowest BCUT2D eigenvalue weighted by Gasteiger charge is -2.17. The molecule has 1 unspecified atom stereocenters. The van der Waals surface area contributed by atoms with Crippen LogP contribution in [0.3, 0.4) is 0 Å². The van der Waals surface area contributed by atoms with Gasteiger partial charge < -0.3 is 5.11 Å². The van der Waals surface area contributed by atoms with E-state index in [-0.39, 0.29) is 12.1 Å². The van der Waals surface area contributed by atoms with Gasteiger partial charge in [0.25, 0.3) is 0 Å². The number of aromatic nitrogens is 2. The molecule has 0 saturated heterocycles. The van der Waals surface area contributed by atoms with Gasteiger partial charge in [-0.2, -0.15) is 16.7 Å². The van der Waals surface area contributed by atoms with Gasteiger partial charge in [-0.25, -0.2) is 4.79 Å². The Labute approximate surface area is 117 Å². The highest BCUT2D eigenvalue weighted by Crippen LogP contribution is 2.13. The molecule has 0 aliphatic carbocycles. The van der Waals surface area contributed by atoms with Crippen molar-refractivity contribution in [2.24, 2.45) is 5.92 Å². The molecule has 0 radical (unpaired) electrons. The number of rotatable bonds is 6. The Morgan fingerprint density at radius 1 is 1.47 bits per heavy atom. The minimum Gasteiger partial charge on any atom is -0.481 e. The van der Waals surface area contributed by atoms with Gasteiger partial charge in [-0.1, -0.05) is 6.92 Å². The molecule has 0 saturated carbocycles. The van der Waals surface area contributed by atoms with Gasteiger partial charge in [-0.05, 0) is 31.8 Å². The Morgan fingerprint density at radius 3 is 2.63 bits per heavy atom. The number of hydrogen-bond acceptors (Lipinski definition) is 4. The number of carboxylic acid groups (broad SMARTS) is 1. The summed E-state index contributed by atoms with van der Waals surface area (Å²) in [5, 5.41) is 8.92. The Hall–Kier alpha value is -1.30. The standard InChI is InChI=1S/C13H20N2O3S/c1-8(7-19-4)6-15-10(3)11(5-12(16)17)9(2)14-13(15)18/h8H,5-7H2,1-4H3,(H,16,17). The van der Waals surface area contributed by atoms with E-state index in [0.29, 0.717) is 29.4 Å². The van der Waals surface area contributed by atoms with Crippen LogP contribution in [0.4, 0.5) is 0 Å². The van der Waals surface area contributed by atoms with Gasteiger partial charge >= 0.3 is 11.7 Å². The maximum absolute atomic E-state index is 11.9. The topological polar surface area (TPSA) is 72.2 Å². The Kier molecular flexibility index (Phi) is 5.60.